The zero-order valence-electron chi connectivity index (χ0n) is 11.0. The molecule has 0 fully saturated rings. The lowest BCUT2D eigenvalue weighted by Crippen LogP contribution is -2.00. The summed E-state index contributed by atoms with van der Waals surface area (Å²) in [6, 6.07) is 13.1. The Bertz CT molecular complexity index is 818. The van der Waals surface area contributed by atoms with Gasteiger partial charge in [0.05, 0.1) is 0 Å². The molecule has 1 aromatic heterocycles. The van der Waals surface area contributed by atoms with Gasteiger partial charge < -0.3 is 15.8 Å². The van der Waals surface area contributed by atoms with Gasteiger partial charge >= 0.3 is 5.97 Å². The number of H-pyrrole nitrogens is 1. The number of aromatic nitrogens is 1. The second kappa shape index (κ2) is 4.42. The molecule has 4 nitrogen and oxygen atoms in total. The zero-order chi connectivity index (χ0) is 14.3. The van der Waals surface area contributed by atoms with Crippen molar-refractivity contribution in [2.45, 2.75) is 6.92 Å². The van der Waals surface area contributed by atoms with Gasteiger partial charge in [0.25, 0.3) is 0 Å². The van der Waals surface area contributed by atoms with Crippen LogP contribution in [0.2, 0.25) is 0 Å². The predicted octanol–water partition coefficient (Wildman–Crippen LogP) is 3.42. The maximum absolute atomic E-state index is 11.5. The number of carboxylic acids is 1. The first-order valence-electron chi connectivity index (χ1n) is 6.29. The van der Waals surface area contributed by atoms with E-state index >= 15 is 0 Å². The fourth-order valence-electron chi connectivity index (χ4n) is 2.53. The van der Waals surface area contributed by atoms with Gasteiger partial charge in [-0.3, -0.25) is 0 Å². The number of anilines is 1. The molecule has 3 aromatic rings. The summed E-state index contributed by atoms with van der Waals surface area (Å²) >= 11 is 0. The lowest BCUT2D eigenvalue weighted by atomic mass is 9.99. The van der Waals surface area contributed by atoms with Crippen LogP contribution in [0, 0.1) is 6.92 Å². The first-order valence-corrected chi connectivity index (χ1v) is 6.29. The third-order valence-corrected chi connectivity index (χ3v) is 3.49. The monoisotopic (exact) mass is 266 g/mol. The smallest absolute Gasteiger partial charge is 0.352 e. The molecule has 0 spiro atoms. The van der Waals surface area contributed by atoms with Crippen LogP contribution in [-0.4, -0.2) is 16.1 Å². The van der Waals surface area contributed by atoms with Crippen molar-refractivity contribution in [1.29, 1.82) is 0 Å². The highest BCUT2D eigenvalue weighted by molar-refractivity contribution is 6.09. The van der Waals surface area contributed by atoms with Crippen LogP contribution in [0.4, 0.5) is 5.69 Å². The summed E-state index contributed by atoms with van der Waals surface area (Å²) in [6.45, 7) is 1.95. The Labute approximate surface area is 115 Å². The molecule has 0 unspecified atom stereocenters. The number of rotatable bonds is 2. The third-order valence-electron chi connectivity index (χ3n) is 3.49. The highest BCUT2D eigenvalue weighted by atomic mass is 16.4. The van der Waals surface area contributed by atoms with Crippen LogP contribution < -0.4 is 5.73 Å². The number of aromatic amines is 1. The summed E-state index contributed by atoms with van der Waals surface area (Å²) in [7, 11) is 0. The molecule has 3 rings (SSSR count). The summed E-state index contributed by atoms with van der Waals surface area (Å²) in [5, 5.41) is 10.3. The van der Waals surface area contributed by atoms with Crippen LogP contribution in [0.1, 0.15) is 16.1 Å². The molecule has 0 saturated heterocycles. The second-order valence-corrected chi connectivity index (χ2v) is 4.76. The standard InChI is InChI=1S/C16H14N2O2/c1-9-5-4-7-11-13(10-6-2-3-8-12(10)17)15(16(19)20)18-14(9)11/h2-8,18H,17H2,1H3,(H,19,20). The van der Waals surface area contributed by atoms with Gasteiger partial charge in [0.2, 0.25) is 0 Å². The van der Waals surface area contributed by atoms with Crippen LogP contribution in [0.5, 0.6) is 0 Å². The van der Waals surface area contributed by atoms with Crippen molar-refractivity contribution in [1.82, 2.24) is 4.98 Å². The number of hydrogen-bond acceptors (Lipinski definition) is 2. The van der Waals surface area contributed by atoms with E-state index in [0.717, 1.165) is 22.0 Å². The second-order valence-electron chi connectivity index (χ2n) is 4.76. The molecule has 100 valence electrons. The van der Waals surface area contributed by atoms with Gasteiger partial charge in [-0.15, -0.1) is 0 Å². The molecular weight excluding hydrogens is 252 g/mol. The molecule has 2 aromatic carbocycles. The van der Waals surface area contributed by atoms with Crippen molar-refractivity contribution in [3.8, 4) is 11.1 Å². The molecule has 20 heavy (non-hydrogen) atoms. The number of nitrogens with two attached hydrogens (primary N) is 1. The van der Waals surface area contributed by atoms with Gasteiger partial charge in [0.1, 0.15) is 5.69 Å². The Hall–Kier alpha value is -2.75. The minimum atomic E-state index is -0.987. The number of nitrogen functional groups attached to an aromatic ring is 1. The van der Waals surface area contributed by atoms with Crippen LogP contribution >= 0.6 is 0 Å². The Morgan fingerprint density at radius 3 is 2.60 bits per heavy atom. The number of aromatic carboxylic acids is 1. The Balaban J connectivity index is 2.45. The lowest BCUT2D eigenvalue weighted by Gasteiger charge is -2.06. The van der Waals surface area contributed by atoms with Crippen molar-refractivity contribution in [3.63, 3.8) is 0 Å². The van der Waals surface area contributed by atoms with Gasteiger partial charge in [-0.05, 0) is 18.6 Å². The van der Waals surface area contributed by atoms with Crippen molar-refractivity contribution in [2.24, 2.45) is 0 Å². The van der Waals surface area contributed by atoms with E-state index in [-0.39, 0.29) is 5.69 Å². The number of fused-ring (bicyclic) bond motifs is 1. The van der Waals surface area contributed by atoms with Crippen LogP contribution in [0.15, 0.2) is 42.5 Å². The number of benzene rings is 2. The zero-order valence-corrected chi connectivity index (χ0v) is 11.0. The fraction of sp³-hybridized carbons (Fsp3) is 0.0625. The van der Waals surface area contributed by atoms with E-state index in [4.69, 9.17) is 5.73 Å². The topological polar surface area (TPSA) is 79.1 Å². The normalized spacial score (nSPS) is 10.8. The molecule has 0 aliphatic rings. The van der Waals surface area contributed by atoms with Gasteiger partial charge in [-0.1, -0.05) is 36.4 Å². The summed E-state index contributed by atoms with van der Waals surface area (Å²) in [4.78, 5) is 14.5. The van der Waals surface area contributed by atoms with E-state index in [1.807, 2.05) is 43.3 Å². The maximum Gasteiger partial charge on any atom is 0.352 e. The Morgan fingerprint density at radius 1 is 1.15 bits per heavy atom. The molecular formula is C16H14N2O2. The SMILES string of the molecule is Cc1cccc2c(-c3ccccc3N)c(C(=O)O)[nH]c12. The van der Waals surface area contributed by atoms with Gasteiger partial charge in [0, 0.05) is 27.7 Å². The van der Waals surface area contributed by atoms with E-state index in [9.17, 15) is 9.90 Å². The molecule has 0 atom stereocenters. The molecule has 0 aliphatic heterocycles. The van der Waals surface area contributed by atoms with Gasteiger partial charge in [-0.25, -0.2) is 4.79 Å². The minimum Gasteiger partial charge on any atom is -0.477 e. The van der Waals surface area contributed by atoms with Crippen molar-refractivity contribution >= 4 is 22.6 Å². The molecule has 0 aliphatic carbocycles. The molecule has 4 N–H and O–H groups in total. The number of para-hydroxylation sites is 2. The van der Waals surface area contributed by atoms with Crippen molar-refractivity contribution in [2.75, 3.05) is 5.73 Å². The number of carboxylic acid groups (broad SMARTS) is 1. The molecule has 0 saturated carbocycles. The van der Waals surface area contributed by atoms with E-state index in [1.54, 1.807) is 6.07 Å². The highest BCUT2D eigenvalue weighted by Crippen LogP contribution is 2.36. The Kier molecular flexibility index (Phi) is 2.71. The van der Waals surface area contributed by atoms with Crippen LogP contribution in [0.25, 0.3) is 22.0 Å². The Morgan fingerprint density at radius 2 is 1.90 bits per heavy atom. The van der Waals surface area contributed by atoms with Crippen molar-refractivity contribution < 1.29 is 9.90 Å². The third kappa shape index (κ3) is 1.73. The van der Waals surface area contributed by atoms with Crippen molar-refractivity contribution in [3.05, 3.63) is 53.7 Å². The van der Waals surface area contributed by atoms with Crippen LogP contribution in [-0.2, 0) is 0 Å². The molecule has 0 amide bonds. The number of hydrogen-bond donors (Lipinski definition) is 3. The number of nitrogens with one attached hydrogen (secondary N) is 1. The summed E-state index contributed by atoms with van der Waals surface area (Å²) in [5.74, 6) is -0.987. The summed E-state index contributed by atoms with van der Waals surface area (Å²) in [5.41, 5.74) is 9.97. The first kappa shape index (κ1) is 12.3. The molecule has 0 bridgehead atoms. The minimum absolute atomic E-state index is 0.173. The fourth-order valence-corrected chi connectivity index (χ4v) is 2.53. The van der Waals surface area contributed by atoms with Gasteiger partial charge in [0.15, 0.2) is 0 Å². The average Bonchev–Trinajstić information content (AvgIpc) is 2.80. The largest absolute Gasteiger partial charge is 0.477 e. The lowest BCUT2D eigenvalue weighted by molar-refractivity contribution is 0.0692. The predicted molar refractivity (Wildman–Crippen MR) is 79.8 cm³/mol. The average molecular weight is 266 g/mol. The van der Waals surface area contributed by atoms with E-state index in [2.05, 4.69) is 4.98 Å². The van der Waals surface area contributed by atoms with Gasteiger partial charge in [-0.2, -0.15) is 0 Å². The summed E-state index contributed by atoms with van der Waals surface area (Å²) < 4.78 is 0. The van der Waals surface area contributed by atoms with E-state index in [1.165, 1.54) is 0 Å². The van der Waals surface area contributed by atoms with Crippen LogP contribution in [0.3, 0.4) is 0 Å². The number of aryl methyl sites for hydroxylation is 1. The summed E-state index contributed by atoms with van der Waals surface area (Å²) in [6.07, 6.45) is 0. The van der Waals surface area contributed by atoms with E-state index < -0.39 is 5.97 Å². The number of carbonyl (C=O) groups is 1. The molecule has 1 heterocycles. The van der Waals surface area contributed by atoms with E-state index in [0.29, 0.717) is 11.3 Å². The molecule has 0 radical (unpaired) electrons. The maximum atomic E-state index is 11.5. The highest BCUT2D eigenvalue weighted by Gasteiger charge is 2.20. The quantitative estimate of drug-likeness (QED) is 0.622. The first-order chi connectivity index (χ1) is 9.59. The molecule has 4 heteroatoms.